The fourth-order valence-electron chi connectivity index (χ4n) is 4.72. The van der Waals surface area contributed by atoms with Gasteiger partial charge in [-0.3, -0.25) is 9.59 Å². The van der Waals surface area contributed by atoms with Crippen LogP contribution in [0.25, 0.3) is 0 Å². The van der Waals surface area contributed by atoms with Crippen molar-refractivity contribution < 1.29 is 9.59 Å². The summed E-state index contributed by atoms with van der Waals surface area (Å²) in [5, 5.41) is -0.167. The minimum Gasteiger partial charge on any atom is -0.274 e. The second-order valence-electron chi connectivity index (χ2n) is 7.23. The molecule has 2 fully saturated rings. The normalized spacial score (nSPS) is 35.9. The molecular formula is C19H15Cl6NO2. The number of halogens is 6. The molecule has 4 atom stereocenters. The van der Waals surface area contributed by atoms with Gasteiger partial charge in [0.1, 0.15) is 9.75 Å². The van der Waals surface area contributed by atoms with Crippen LogP contribution in [0, 0.1) is 11.8 Å². The van der Waals surface area contributed by atoms with Crippen molar-refractivity contribution in [3.8, 4) is 0 Å². The van der Waals surface area contributed by atoms with Crippen molar-refractivity contribution in [1.82, 2.24) is 0 Å². The number of aryl methyl sites for hydroxylation is 2. The lowest BCUT2D eigenvalue weighted by atomic mass is 9.84. The van der Waals surface area contributed by atoms with Crippen molar-refractivity contribution in [2.45, 2.75) is 40.8 Å². The molecule has 4 rings (SSSR count). The van der Waals surface area contributed by atoms with Crippen LogP contribution >= 0.6 is 69.6 Å². The van der Waals surface area contributed by atoms with Crippen LogP contribution < -0.4 is 4.90 Å². The molecule has 0 N–H and O–H groups in total. The fraction of sp³-hybridized carbons (Fsp3) is 0.474. The zero-order valence-corrected chi connectivity index (χ0v) is 19.4. The van der Waals surface area contributed by atoms with Gasteiger partial charge in [0.2, 0.25) is 11.8 Å². The molecule has 0 aromatic heterocycles. The van der Waals surface area contributed by atoms with Crippen LogP contribution in [-0.2, 0) is 22.4 Å². The van der Waals surface area contributed by atoms with Crippen LogP contribution in [-0.4, -0.2) is 25.9 Å². The zero-order valence-electron chi connectivity index (χ0n) is 14.8. The summed E-state index contributed by atoms with van der Waals surface area (Å²) in [7, 11) is 0. The van der Waals surface area contributed by atoms with E-state index in [4.69, 9.17) is 69.6 Å². The van der Waals surface area contributed by atoms with Crippen LogP contribution in [0.3, 0.4) is 0 Å². The van der Waals surface area contributed by atoms with E-state index in [2.05, 4.69) is 0 Å². The molecule has 0 radical (unpaired) electrons. The Bertz CT molecular complexity index is 891. The predicted octanol–water partition coefficient (Wildman–Crippen LogP) is 5.76. The summed E-state index contributed by atoms with van der Waals surface area (Å²) in [4.78, 5) is 24.7. The molecule has 150 valence electrons. The van der Waals surface area contributed by atoms with Crippen molar-refractivity contribution in [2.24, 2.45) is 11.8 Å². The molecular weight excluding hydrogens is 487 g/mol. The number of carbonyl (C=O) groups is 2. The quantitative estimate of drug-likeness (QED) is 0.390. The van der Waals surface area contributed by atoms with Gasteiger partial charge >= 0.3 is 0 Å². The van der Waals surface area contributed by atoms with Crippen LogP contribution in [0.4, 0.5) is 5.69 Å². The van der Waals surface area contributed by atoms with E-state index in [1.807, 2.05) is 32.0 Å². The van der Waals surface area contributed by atoms with Crippen LogP contribution in [0.5, 0.6) is 0 Å². The first kappa shape index (κ1) is 21.1. The topological polar surface area (TPSA) is 37.4 Å². The summed E-state index contributed by atoms with van der Waals surface area (Å²) in [5.41, 5.74) is 2.31. The smallest absolute Gasteiger partial charge is 0.240 e. The highest BCUT2D eigenvalue weighted by atomic mass is 35.5. The van der Waals surface area contributed by atoms with Gasteiger partial charge < -0.3 is 0 Å². The Hall–Kier alpha value is -0.160. The van der Waals surface area contributed by atoms with Crippen molar-refractivity contribution in [1.29, 1.82) is 0 Å². The Morgan fingerprint density at radius 1 is 0.857 bits per heavy atom. The number of hydrogen-bond donors (Lipinski definition) is 0. The number of amides is 2. The molecule has 1 saturated carbocycles. The van der Waals surface area contributed by atoms with Gasteiger partial charge in [-0.1, -0.05) is 78.5 Å². The summed E-state index contributed by atoms with van der Waals surface area (Å²) < 4.78 is -1.91. The van der Waals surface area contributed by atoms with Crippen molar-refractivity contribution in [3.05, 3.63) is 39.4 Å². The van der Waals surface area contributed by atoms with Crippen LogP contribution in [0.2, 0.25) is 0 Å². The van der Waals surface area contributed by atoms with E-state index >= 15 is 0 Å². The average Bonchev–Trinajstić information content (AvgIpc) is 3.05. The van der Waals surface area contributed by atoms with Gasteiger partial charge in [-0.25, -0.2) is 4.90 Å². The molecule has 9 heteroatoms. The molecule has 2 aliphatic carbocycles. The highest BCUT2D eigenvalue weighted by Gasteiger charge is 2.87. The maximum Gasteiger partial charge on any atom is 0.240 e. The molecule has 3 aliphatic rings. The molecule has 0 spiro atoms. The largest absolute Gasteiger partial charge is 0.274 e. The monoisotopic (exact) mass is 499 g/mol. The number of nitrogens with zero attached hydrogens (tertiary/aromatic N) is 1. The van der Waals surface area contributed by atoms with Gasteiger partial charge in [0.05, 0.1) is 27.6 Å². The summed E-state index contributed by atoms with van der Waals surface area (Å²) in [6.45, 7) is 3.91. The number of hydrogen-bond acceptors (Lipinski definition) is 2. The summed E-state index contributed by atoms with van der Waals surface area (Å²) in [6, 6.07) is 5.67. The Morgan fingerprint density at radius 3 is 1.61 bits per heavy atom. The van der Waals surface area contributed by atoms with Crippen LogP contribution in [0.15, 0.2) is 28.3 Å². The average molecular weight is 502 g/mol. The van der Waals surface area contributed by atoms with Gasteiger partial charge in [0, 0.05) is 0 Å². The molecule has 2 amide bonds. The van der Waals surface area contributed by atoms with Crippen molar-refractivity contribution >= 4 is 87.1 Å². The number of alkyl halides is 4. The lowest BCUT2D eigenvalue weighted by Crippen LogP contribution is -2.50. The molecule has 0 unspecified atom stereocenters. The van der Waals surface area contributed by atoms with Gasteiger partial charge in [0.15, 0.2) is 4.33 Å². The van der Waals surface area contributed by atoms with E-state index in [0.717, 1.165) is 11.1 Å². The standard InChI is InChI=1S/C19H15Cl6NO2/c1-3-8-6-5-7-9(4-2)12(8)26-15(27)10-11(16(26)28)18(23)14(21)13(20)17(10,22)19(18,24)25/h5-7,10-11H,3-4H2,1-2H3/t10-,11-,17+,18+/m1/s1. The lowest BCUT2D eigenvalue weighted by Gasteiger charge is -2.35. The second kappa shape index (κ2) is 6.42. The first-order chi connectivity index (χ1) is 13.0. The number of allylic oxidation sites excluding steroid dienone is 2. The van der Waals surface area contributed by atoms with E-state index in [-0.39, 0.29) is 10.1 Å². The number of rotatable bonds is 3. The maximum absolute atomic E-state index is 13.5. The van der Waals surface area contributed by atoms with E-state index in [9.17, 15) is 9.59 Å². The Labute approximate surface area is 192 Å². The summed E-state index contributed by atoms with van der Waals surface area (Å²) in [5.74, 6) is -3.26. The SMILES string of the molecule is CCc1cccc(CC)c1N1C(=O)[C@H]2[C@H](C1=O)[C@]1(Cl)C(Cl)=C(Cl)[C@]2(Cl)C1(Cl)Cl. The van der Waals surface area contributed by atoms with E-state index < -0.39 is 37.7 Å². The highest BCUT2D eigenvalue weighted by molar-refractivity contribution is 6.67. The number of benzene rings is 1. The third kappa shape index (κ3) is 2.07. The van der Waals surface area contributed by atoms with Crippen LogP contribution in [0.1, 0.15) is 25.0 Å². The minimum absolute atomic E-state index is 0.0837. The van der Waals surface area contributed by atoms with E-state index in [1.165, 1.54) is 4.90 Å². The lowest BCUT2D eigenvalue weighted by molar-refractivity contribution is -0.123. The van der Waals surface area contributed by atoms with Gasteiger partial charge in [0.25, 0.3) is 0 Å². The number of anilines is 1. The summed E-state index contributed by atoms with van der Waals surface area (Å²) in [6.07, 6.45) is 1.28. The van der Waals surface area contributed by atoms with Gasteiger partial charge in [-0.05, 0) is 24.0 Å². The molecule has 1 saturated heterocycles. The molecule has 2 bridgehead atoms. The zero-order chi connectivity index (χ0) is 20.8. The Kier molecular flexibility index (Phi) is 4.83. The van der Waals surface area contributed by atoms with Crippen molar-refractivity contribution in [3.63, 3.8) is 0 Å². The molecule has 1 aromatic carbocycles. The molecule has 28 heavy (non-hydrogen) atoms. The second-order valence-corrected chi connectivity index (χ2v) is 10.5. The Morgan fingerprint density at radius 2 is 1.25 bits per heavy atom. The highest BCUT2D eigenvalue weighted by Crippen LogP contribution is 2.77. The fourth-order valence-corrected chi connectivity index (χ4v) is 7.65. The number of imide groups is 1. The third-order valence-corrected chi connectivity index (χ3v) is 10.4. The molecule has 1 heterocycles. The number of para-hydroxylation sites is 1. The minimum atomic E-state index is -1.91. The predicted molar refractivity (Wildman–Crippen MR) is 115 cm³/mol. The number of carbonyl (C=O) groups excluding carboxylic acids is 2. The summed E-state index contributed by atoms with van der Waals surface area (Å²) >= 11 is 39.2. The molecule has 1 aromatic rings. The maximum atomic E-state index is 13.5. The first-order valence-electron chi connectivity index (χ1n) is 8.82. The first-order valence-corrected chi connectivity index (χ1v) is 11.1. The van der Waals surface area contributed by atoms with E-state index in [0.29, 0.717) is 18.5 Å². The molecule has 3 nitrogen and oxygen atoms in total. The van der Waals surface area contributed by atoms with Gasteiger partial charge in [-0.15, -0.1) is 23.2 Å². The Balaban J connectivity index is 1.95. The third-order valence-electron chi connectivity index (χ3n) is 6.10. The molecule has 1 aliphatic heterocycles. The number of fused-ring (bicyclic) bond motifs is 5. The van der Waals surface area contributed by atoms with Crippen molar-refractivity contribution in [2.75, 3.05) is 4.90 Å². The van der Waals surface area contributed by atoms with E-state index in [1.54, 1.807) is 0 Å². The van der Waals surface area contributed by atoms with Gasteiger partial charge in [-0.2, -0.15) is 0 Å².